The van der Waals surface area contributed by atoms with E-state index in [1.165, 1.54) is 25.8 Å². The van der Waals surface area contributed by atoms with Crippen molar-refractivity contribution in [3.8, 4) is 0 Å². The van der Waals surface area contributed by atoms with Crippen LogP contribution >= 0.6 is 23.6 Å². The van der Waals surface area contributed by atoms with E-state index < -0.39 is 0 Å². The van der Waals surface area contributed by atoms with Gasteiger partial charge in [-0.25, -0.2) is 4.98 Å². The van der Waals surface area contributed by atoms with Crippen LogP contribution in [0.1, 0.15) is 36.9 Å². The van der Waals surface area contributed by atoms with Crippen molar-refractivity contribution in [2.45, 2.75) is 38.8 Å². The normalized spacial score (nSPS) is 22.2. The molecule has 1 aromatic rings. The molecule has 3 nitrogen and oxygen atoms in total. The molecular weight excluding hydrogens is 238 g/mol. The van der Waals surface area contributed by atoms with Crippen molar-refractivity contribution < 1.29 is 0 Å². The van der Waals surface area contributed by atoms with E-state index in [4.69, 9.17) is 18.0 Å². The summed E-state index contributed by atoms with van der Waals surface area (Å²) in [6.45, 7) is 4.42. The van der Waals surface area contributed by atoms with Gasteiger partial charge in [-0.3, -0.25) is 4.90 Å². The van der Waals surface area contributed by atoms with E-state index in [0.29, 0.717) is 11.0 Å². The first-order valence-electron chi connectivity index (χ1n) is 5.65. The van der Waals surface area contributed by atoms with E-state index in [1.807, 2.05) is 5.38 Å². The van der Waals surface area contributed by atoms with Crippen molar-refractivity contribution >= 4 is 28.5 Å². The maximum absolute atomic E-state index is 5.55. The summed E-state index contributed by atoms with van der Waals surface area (Å²) < 4.78 is 0. The standard InChI is InChI=1S/C11H17N3S2/c1-8-4-2-3-5-14(8)6-10-13-9(7-16-10)11(12)15/h7-8H,2-6H2,1H3,(H2,12,15). The van der Waals surface area contributed by atoms with Gasteiger partial charge in [0.15, 0.2) is 0 Å². The molecule has 0 spiro atoms. The van der Waals surface area contributed by atoms with Gasteiger partial charge in [-0.2, -0.15) is 0 Å². The second-order valence-corrected chi connectivity index (χ2v) is 5.69. The topological polar surface area (TPSA) is 42.2 Å². The molecule has 1 saturated heterocycles. The zero-order valence-electron chi connectivity index (χ0n) is 9.48. The molecule has 88 valence electrons. The van der Waals surface area contributed by atoms with Gasteiger partial charge < -0.3 is 5.73 Å². The van der Waals surface area contributed by atoms with Gasteiger partial charge in [-0.15, -0.1) is 11.3 Å². The summed E-state index contributed by atoms with van der Waals surface area (Å²) in [6, 6.07) is 0.672. The Kier molecular flexibility index (Phi) is 3.89. The minimum Gasteiger partial charge on any atom is -0.388 e. The molecule has 0 aromatic carbocycles. The van der Waals surface area contributed by atoms with E-state index in [2.05, 4.69) is 16.8 Å². The van der Waals surface area contributed by atoms with Gasteiger partial charge in [0, 0.05) is 11.4 Å². The van der Waals surface area contributed by atoms with Crippen molar-refractivity contribution in [2.24, 2.45) is 5.73 Å². The van der Waals surface area contributed by atoms with Gasteiger partial charge in [-0.05, 0) is 26.3 Å². The fourth-order valence-electron chi connectivity index (χ4n) is 2.06. The van der Waals surface area contributed by atoms with Crippen LogP contribution in [0.3, 0.4) is 0 Å². The highest BCUT2D eigenvalue weighted by Crippen LogP contribution is 2.20. The SMILES string of the molecule is CC1CCCCN1Cc1nc(C(N)=S)cs1. The lowest BCUT2D eigenvalue weighted by Gasteiger charge is -2.32. The van der Waals surface area contributed by atoms with Crippen LogP contribution < -0.4 is 5.73 Å². The van der Waals surface area contributed by atoms with Crippen LogP contribution in [0.2, 0.25) is 0 Å². The smallest absolute Gasteiger partial charge is 0.123 e. The van der Waals surface area contributed by atoms with Crippen molar-refractivity contribution in [1.29, 1.82) is 0 Å². The predicted octanol–water partition coefficient (Wildman–Crippen LogP) is 2.15. The summed E-state index contributed by atoms with van der Waals surface area (Å²) in [4.78, 5) is 7.34. The Hall–Kier alpha value is -0.520. The van der Waals surface area contributed by atoms with Crippen LogP contribution in [0.4, 0.5) is 0 Å². The lowest BCUT2D eigenvalue weighted by molar-refractivity contribution is 0.152. The molecule has 0 saturated carbocycles. The molecule has 2 rings (SSSR count). The molecule has 2 heterocycles. The van der Waals surface area contributed by atoms with Crippen LogP contribution in [0.15, 0.2) is 5.38 Å². The molecule has 0 aliphatic carbocycles. The minimum atomic E-state index is 0.397. The number of rotatable bonds is 3. The molecule has 1 aromatic heterocycles. The second kappa shape index (κ2) is 5.21. The fraction of sp³-hybridized carbons (Fsp3) is 0.636. The molecule has 0 bridgehead atoms. The molecule has 2 N–H and O–H groups in total. The number of hydrogen-bond donors (Lipinski definition) is 1. The Morgan fingerprint density at radius 2 is 2.50 bits per heavy atom. The van der Waals surface area contributed by atoms with Crippen LogP contribution in [-0.2, 0) is 6.54 Å². The zero-order chi connectivity index (χ0) is 11.5. The van der Waals surface area contributed by atoms with Gasteiger partial charge in [-0.1, -0.05) is 18.6 Å². The molecule has 0 amide bonds. The summed E-state index contributed by atoms with van der Waals surface area (Å²) in [5, 5.41) is 3.07. The highest BCUT2D eigenvalue weighted by molar-refractivity contribution is 7.80. The van der Waals surface area contributed by atoms with Gasteiger partial charge in [0.2, 0.25) is 0 Å². The van der Waals surface area contributed by atoms with Gasteiger partial charge in [0.25, 0.3) is 0 Å². The maximum Gasteiger partial charge on any atom is 0.123 e. The van der Waals surface area contributed by atoms with E-state index in [0.717, 1.165) is 17.2 Å². The van der Waals surface area contributed by atoms with Crippen LogP contribution in [0.25, 0.3) is 0 Å². The average Bonchev–Trinajstić information content (AvgIpc) is 2.70. The molecular formula is C11H17N3S2. The molecule has 1 aliphatic heterocycles. The van der Waals surface area contributed by atoms with Gasteiger partial charge >= 0.3 is 0 Å². The maximum atomic E-state index is 5.55. The first-order valence-corrected chi connectivity index (χ1v) is 6.94. The summed E-state index contributed by atoms with van der Waals surface area (Å²) in [7, 11) is 0. The van der Waals surface area contributed by atoms with Crippen molar-refractivity contribution in [2.75, 3.05) is 6.54 Å². The van der Waals surface area contributed by atoms with Crippen LogP contribution in [0, 0.1) is 0 Å². The zero-order valence-corrected chi connectivity index (χ0v) is 11.1. The Labute approximate surface area is 106 Å². The highest BCUT2D eigenvalue weighted by Gasteiger charge is 2.19. The number of thiazole rings is 1. The summed E-state index contributed by atoms with van der Waals surface area (Å²) in [6.07, 6.45) is 3.96. The van der Waals surface area contributed by atoms with E-state index >= 15 is 0 Å². The van der Waals surface area contributed by atoms with E-state index in [1.54, 1.807) is 11.3 Å². The number of piperidine rings is 1. The number of likely N-dealkylation sites (tertiary alicyclic amines) is 1. The molecule has 1 unspecified atom stereocenters. The highest BCUT2D eigenvalue weighted by atomic mass is 32.1. The average molecular weight is 255 g/mol. The predicted molar refractivity (Wildman–Crippen MR) is 71.7 cm³/mol. The first-order chi connectivity index (χ1) is 7.66. The van der Waals surface area contributed by atoms with Crippen molar-refractivity contribution in [1.82, 2.24) is 9.88 Å². The lowest BCUT2D eigenvalue weighted by Crippen LogP contribution is -2.36. The van der Waals surface area contributed by atoms with Gasteiger partial charge in [0.05, 0.1) is 6.54 Å². The summed E-state index contributed by atoms with van der Waals surface area (Å²) >= 11 is 6.56. The first kappa shape index (κ1) is 12.0. The molecule has 1 aliphatic rings. The molecule has 5 heteroatoms. The van der Waals surface area contributed by atoms with Crippen molar-refractivity contribution in [3.05, 3.63) is 16.1 Å². The third kappa shape index (κ3) is 2.78. The third-order valence-corrected chi connectivity index (χ3v) is 4.13. The number of nitrogens with two attached hydrogens (primary N) is 1. The molecule has 0 radical (unpaired) electrons. The van der Waals surface area contributed by atoms with E-state index in [-0.39, 0.29) is 0 Å². The fourth-order valence-corrected chi connectivity index (χ4v) is 3.06. The molecule has 1 atom stereocenters. The number of nitrogens with zero attached hydrogens (tertiary/aromatic N) is 2. The monoisotopic (exact) mass is 255 g/mol. The third-order valence-electron chi connectivity index (χ3n) is 3.08. The number of hydrogen-bond acceptors (Lipinski definition) is 4. The quantitative estimate of drug-likeness (QED) is 0.840. The number of aromatic nitrogens is 1. The van der Waals surface area contributed by atoms with Crippen molar-refractivity contribution in [3.63, 3.8) is 0 Å². The largest absolute Gasteiger partial charge is 0.388 e. The minimum absolute atomic E-state index is 0.397. The molecule has 16 heavy (non-hydrogen) atoms. The van der Waals surface area contributed by atoms with Gasteiger partial charge in [0.1, 0.15) is 15.7 Å². The Morgan fingerprint density at radius 1 is 1.69 bits per heavy atom. The Morgan fingerprint density at radius 3 is 3.12 bits per heavy atom. The second-order valence-electron chi connectivity index (χ2n) is 4.31. The number of thiocarbonyl (C=S) groups is 1. The van der Waals surface area contributed by atoms with Crippen LogP contribution in [-0.4, -0.2) is 27.5 Å². The Bertz CT molecular complexity index is 375. The van der Waals surface area contributed by atoms with E-state index in [9.17, 15) is 0 Å². The summed E-state index contributed by atoms with van der Waals surface area (Å²) in [5.74, 6) is 0. The summed E-state index contributed by atoms with van der Waals surface area (Å²) in [5.41, 5.74) is 6.31. The lowest BCUT2D eigenvalue weighted by atomic mass is 10.0. The van der Waals surface area contributed by atoms with Crippen LogP contribution in [0.5, 0.6) is 0 Å². The molecule has 1 fully saturated rings. The Balaban J connectivity index is 1.99.